The Bertz CT molecular complexity index is 1500. The first-order valence-electron chi connectivity index (χ1n) is 15.7. The van der Waals surface area contributed by atoms with E-state index in [1.165, 1.54) is 47.4 Å². The van der Waals surface area contributed by atoms with Crippen molar-refractivity contribution in [2.75, 3.05) is 53.0 Å². The van der Waals surface area contributed by atoms with Gasteiger partial charge in [-0.2, -0.15) is 0 Å². The number of rotatable bonds is 12. The van der Waals surface area contributed by atoms with Gasteiger partial charge in [-0.3, -0.25) is 4.90 Å². The normalized spacial score (nSPS) is 16.0. The van der Waals surface area contributed by atoms with Gasteiger partial charge in [-0.1, -0.05) is 49.6 Å². The number of benzene rings is 2. The number of morpholine rings is 1. The number of thiophene rings is 1. The summed E-state index contributed by atoms with van der Waals surface area (Å²) in [7, 11) is 2.19. The van der Waals surface area contributed by atoms with E-state index in [1.54, 1.807) is 0 Å². The van der Waals surface area contributed by atoms with Crippen molar-refractivity contribution in [3.63, 3.8) is 0 Å². The lowest BCUT2D eigenvalue weighted by Gasteiger charge is -2.29. The molecule has 3 heterocycles. The third-order valence-electron chi connectivity index (χ3n) is 8.98. The van der Waals surface area contributed by atoms with E-state index in [2.05, 4.69) is 57.8 Å². The van der Waals surface area contributed by atoms with E-state index in [4.69, 9.17) is 9.47 Å². The molecule has 1 aliphatic heterocycles. The molecule has 2 aliphatic rings. The van der Waals surface area contributed by atoms with E-state index in [-0.39, 0.29) is 24.8 Å². The number of carboxylic acids is 1. The number of hydrogen-bond donors (Lipinski definition) is 1. The summed E-state index contributed by atoms with van der Waals surface area (Å²) in [6.45, 7) is 7.89. The molecule has 10 heteroatoms. The van der Waals surface area contributed by atoms with E-state index in [1.807, 2.05) is 24.3 Å². The Morgan fingerprint density at radius 2 is 1.67 bits per heavy atom. The Morgan fingerprint density at radius 1 is 0.978 bits per heavy atom. The molecule has 1 N–H and O–H groups in total. The summed E-state index contributed by atoms with van der Waals surface area (Å²) in [5, 5.41) is 9.92. The van der Waals surface area contributed by atoms with Crippen molar-refractivity contribution in [1.82, 2.24) is 14.4 Å². The monoisotopic (exact) mass is 673 g/mol. The highest BCUT2D eigenvalue weighted by molar-refractivity contribution is 7.21. The van der Waals surface area contributed by atoms with Gasteiger partial charge in [-0.05, 0) is 72.8 Å². The summed E-state index contributed by atoms with van der Waals surface area (Å²) < 4.78 is 15.2. The molecule has 0 radical (unpaired) electrons. The molecule has 45 heavy (non-hydrogen) atoms. The van der Waals surface area contributed by atoms with Gasteiger partial charge in [0.1, 0.15) is 17.2 Å². The highest BCUT2D eigenvalue weighted by atomic mass is 35.5. The first-order valence-corrected chi connectivity index (χ1v) is 16.5. The van der Waals surface area contributed by atoms with Crippen LogP contribution < -0.4 is 4.74 Å². The summed E-state index contributed by atoms with van der Waals surface area (Å²) in [4.78, 5) is 17.4. The molecule has 0 spiro atoms. The quantitative estimate of drug-likeness (QED) is 0.166. The maximum atomic E-state index is 12.1. The van der Waals surface area contributed by atoms with Crippen molar-refractivity contribution in [3.8, 4) is 17.0 Å². The number of likely N-dealkylation sites (N-methyl/N-ethyl adjacent to an activating group) is 1. The molecule has 7 nitrogen and oxygen atoms in total. The molecular formula is C35H45Cl2N3O4S. The molecule has 0 unspecified atom stereocenters. The standard InChI is InChI=1S/C35H43N3O4S.2ClH/c1-36(16-18-37-20-22-41-23-21-37)17-19-38-30-24-31(35(39)40)43-34(30)32(27-10-6-3-7-11-27)33(38)28-12-14-29(15-13-28)42-25-26-8-4-2-5-9-26;;/h2,4-5,8-9,12-15,24,27H,3,6-7,10-11,16-23,25H2,1H3,(H,39,40);2*1H. The predicted molar refractivity (Wildman–Crippen MR) is 188 cm³/mol. The second-order valence-electron chi connectivity index (χ2n) is 11.9. The van der Waals surface area contributed by atoms with Crippen molar-refractivity contribution >= 4 is 52.3 Å². The zero-order chi connectivity index (χ0) is 29.6. The first-order chi connectivity index (χ1) is 21.1. The molecule has 1 saturated carbocycles. The molecule has 6 rings (SSSR count). The van der Waals surface area contributed by atoms with Crippen LogP contribution in [-0.4, -0.2) is 78.4 Å². The van der Waals surface area contributed by atoms with Crippen molar-refractivity contribution in [1.29, 1.82) is 0 Å². The molecule has 0 atom stereocenters. The summed E-state index contributed by atoms with van der Waals surface area (Å²) in [5.74, 6) is 0.454. The minimum atomic E-state index is -0.841. The second kappa shape index (κ2) is 16.8. The number of halogens is 2. The minimum Gasteiger partial charge on any atom is -0.489 e. The van der Waals surface area contributed by atoms with Crippen LogP contribution in [0.15, 0.2) is 60.7 Å². The first kappa shape index (κ1) is 35.3. The number of aromatic nitrogens is 1. The third kappa shape index (κ3) is 8.61. The van der Waals surface area contributed by atoms with Crippen LogP contribution in [0.25, 0.3) is 21.5 Å². The van der Waals surface area contributed by atoms with E-state index < -0.39 is 5.97 Å². The van der Waals surface area contributed by atoms with Gasteiger partial charge in [0, 0.05) is 39.3 Å². The predicted octanol–water partition coefficient (Wildman–Crippen LogP) is 7.80. The number of nitrogens with zero attached hydrogens (tertiary/aromatic N) is 3. The smallest absolute Gasteiger partial charge is 0.345 e. The van der Waals surface area contributed by atoms with E-state index in [0.29, 0.717) is 17.4 Å². The maximum absolute atomic E-state index is 12.1. The highest BCUT2D eigenvalue weighted by Crippen LogP contribution is 2.47. The number of fused-ring (bicyclic) bond motifs is 1. The van der Waals surface area contributed by atoms with Gasteiger partial charge in [0.15, 0.2) is 0 Å². The van der Waals surface area contributed by atoms with Crippen molar-refractivity contribution < 1.29 is 19.4 Å². The van der Waals surface area contributed by atoms with Crippen LogP contribution in [0.2, 0.25) is 0 Å². The average molecular weight is 675 g/mol. The number of carboxylic acid groups (broad SMARTS) is 1. The number of hydrogen-bond acceptors (Lipinski definition) is 6. The Morgan fingerprint density at radius 3 is 2.36 bits per heavy atom. The maximum Gasteiger partial charge on any atom is 0.345 e. The Kier molecular flexibility index (Phi) is 13.2. The van der Waals surface area contributed by atoms with Crippen LogP contribution >= 0.6 is 36.2 Å². The second-order valence-corrected chi connectivity index (χ2v) is 13.0. The molecule has 2 aromatic carbocycles. The average Bonchev–Trinajstić information content (AvgIpc) is 3.61. The Labute approximate surface area is 282 Å². The topological polar surface area (TPSA) is 67.2 Å². The van der Waals surface area contributed by atoms with Crippen LogP contribution in [0.4, 0.5) is 0 Å². The van der Waals surface area contributed by atoms with Crippen LogP contribution in [-0.2, 0) is 17.9 Å². The summed E-state index contributed by atoms with van der Waals surface area (Å²) in [6.07, 6.45) is 6.05. The van der Waals surface area contributed by atoms with Crippen LogP contribution in [0.5, 0.6) is 5.75 Å². The minimum absolute atomic E-state index is 0. The molecule has 244 valence electrons. The van der Waals surface area contributed by atoms with Gasteiger partial charge in [0.05, 0.1) is 29.1 Å². The molecule has 2 fully saturated rings. The fraction of sp³-hybridized carbons (Fsp3) is 0.457. The summed E-state index contributed by atoms with van der Waals surface area (Å²) in [5.41, 5.74) is 5.97. The lowest BCUT2D eigenvalue weighted by atomic mass is 9.83. The molecule has 2 aromatic heterocycles. The van der Waals surface area contributed by atoms with E-state index in [9.17, 15) is 9.90 Å². The molecule has 1 saturated heterocycles. The van der Waals surface area contributed by atoms with Crippen molar-refractivity contribution in [3.05, 3.63) is 76.7 Å². The SMILES string of the molecule is CN(CCN1CCOCC1)CCn1c(-c2ccc(OCc3ccccc3)cc2)c(C2CCCCC2)c2sc(C(=O)O)cc21.Cl.Cl. The van der Waals surface area contributed by atoms with Gasteiger partial charge >= 0.3 is 5.97 Å². The van der Waals surface area contributed by atoms with E-state index >= 15 is 0 Å². The van der Waals surface area contributed by atoms with Gasteiger partial charge in [-0.15, -0.1) is 36.2 Å². The van der Waals surface area contributed by atoms with Crippen LogP contribution in [0.3, 0.4) is 0 Å². The molecule has 4 aromatic rings. The third-order valence-corrected chi connectivity index (χ3v) is 10.1. The zero-order valence-electron chi connectivity index (χ0n) is 26.0. The number of aromatic carboxylic acids is 1. The molecular weight excluding hydrogens is 629 g/mol. The van der Waals surface area contributed by atoms with E-state index in [0.717, 1.165) is 86.9 Å². The van der Waals surface area contributed by atoms with Crippen LogP contribution in [0, 0.1) is 0 Å². The van der Waals surface area contributed by atoms with Crippen molar-refractivity contribution in [2.45, 2.75) is 51.2 Å². The van der Waals surface area contributed by atoms with Crippen molar-refractivity contribution in [2.24, 2.45) is 0 Å². The van der Waals surface area contributed by atoms with Gasteiger partial charge in [0.25, 0.3) is 0 Å². The fourth-order valence-electron chi connectivity index (χ4n) is 6.54. The Hall–Kier alpha value is -2.59. The summed E-state index contributed by atoms with van der Waals surface area (Å²) >= 11 is 1.45. The molecule has 1 aliphatic carbocycles. The number of carbonyl (C=O) groups is 1. The largest absolute Gasteiger partial charge is 0.489 e. The molecule has 0 amide bonds. The zero-order valence-corrected chi connectivity index (χ0v) is 28.4. The summed E-state index contributed by atoms with van der Waals surface area (Å²) in [6, 6.07) is 20.7. The van der Waals surface area contributed by atoms with Gasteiger partial charge < -0.3 is 24.0 Å². The Balaban J connectivity index is 0.00000230. The van der Waals surface area contributed by atoms with Crippen LogP contribution in [0.1, 0.15) is 58.8 Å². The molecule has 0 bridgehead atoms. The fourth-order valence-corrected chi connectivity index (χ4v) is 7.66. The highest BCUT2D eigenvalue weighted by Gasteiger charge is 2.29. The lowest BCUT2D eigenvalue weighted by molar-refractivity contribution is 0.0344. The van der Waals surface area contributed by atoms with Gasteiger partial charge in [0.2, 0.25) is 0 Å². The lowest BCUT2D eigenvalue weighted by Crippen LogP contribution is -2.41. The number of ether oxygens (including phenoxy) is 2. The van der Waals surface area contributed by atoms with Gasteiger partial charge in [-0.25, -0.2) is 4.79 Å².